The average molecular weight is 363 g/mol. The Bertz CT molecular complexity index is 442. The van der Waals surface area contributed by atoms with Crippen molar-refractivity contribution in [3.8, 4) is 0 Å². The van der Waals surface area contributed by atoms with Crippen LogP contribution in [0.4, 0.5) is 0 Å². The van der Waals surface area contributed by atoms with Gasteiger partial charge in [0.2, 0.25) is 0 Å². The molecule has 0 N–H and O–H groups in total. The van der Waals surface area contributed by atoms with Crippen LogP contribution in [0.15, 0.2) is 12.2 Å². The molecule has 0 aromatic rings. The fourth-order valence-electron chi connectivity index (χ4n) is 2.47. The number of hydrogen-bond acceptors (Lipinski definition) is 5. The Labute approximate surface area is 147 Å². The molecule has 6 heteroatoms. The van der Waals surface area contributed by atoms with E-state index in [2.05, 4.69) is 15.8 Å². The maximum absolute atomic E-state index is 12.0. The highest BCUT2D eigenvalue weighted by Crippen LogP contribution is 2.16. The van der Waals surface area contributed by atoms with Gasteiger partial charge < -0.3 is 4.74 Å². The van der Waals surface area contributed by atoms with Gasteiger partial charge in [-0.15, -0.1) is 0 Å². The van der Waals surface area contributed by atoms with E-state index in [0.717, 1.165) is 25.7 Å². The molecule has 5 nitrogen and oxygen atoms in total. The summed E-state index contributed by atoms with van der Waals surface area (Å²) in [7, 11) is -0.970. The van der Waals surface area contributed by atoms with E-state index < -0.39 is 15.4 Å². The Hall–Kier alpha value is -0.880. The van der Waals surface area contributed by atoms with Crippen molar-refractivity contribution < 1.29 is 22.1 Å². The molecule has 0 rings (SSSR count). The Morgan fingerprint density at radius 2 is 1.67 bits per heavy atom. The zero-order valence-corrected chi connectivity index (χ0v) is 16.3. The molecule has 0 aliphatic carbocycles. The molecule has 1 unspecified atom stereocenters. The summed E-state index contributed by atoms with van der Waals surface area (Å²) in [6.45, 7) is 2.19. The van der Waals surface area contributed by atoms with Gasteiger partial charge in [-0.1, -0.05) is 57.6 Å². The zero-order chi connectivity index (χ0) is 18.3. The van der Waals surface area contributed by atoms with Gasteiger partial charge in [0.25, 0.3) is 10.1 Å². The van der Waals surface area contributed by atoms with Crippen LogP contribution >= 0.6 is 0 Å². The maximum Gasteiger partial charge on any atom is 0.305 e. The molecule has 0 heterocycles. The molecule has 0 fully saturated rings. The first kappa shape index (κ1) is 23.1. The number of unbranched alkanes of at least 4 members (excludes halogenated alkanes) is 7. The molecule has 24 heavy (non-hydrogen) atoms. The van der Waals surface area contributed by atoms with Crippen molar-refractivity contribution in [2.75, 3.05) is 14.2 Å². The molecule has 0 aliphatic heterocycles. The third-order valence-electron chi connectivity index (χ3n) is 4.03. The van der Waals surface area contributed by atoms with Crippen molar-refractivity contribution in [3.05, 3.63) is 12.2 Å². The topological polar surface area (TPSA) is 69.7 Å². The van der Waals surface area contributed by atoms with Gasteiger partial charge in [-0.05, 0) is 25.7 Å². The average Bonchev–Trinajstić information content (AvgIpc) is 2.58. The molecule has 0 saturated heterocycles. The van der Waals surface area contributed by atoms with Gasteiger partial charge in [0.1, 0.15) is 5.25 Å². The highest BCUT2D eigenvalue weighted by molar-refractivity contribution is 7.87. The van der Waals surface area contributed by atoms with Crippen molar-refractivity contribution in [2.45, 2.75) is 82.8 Å². The highest BCUT2D eigenvalue weighted by Gasteiger charge is 2.21. The van der Waals surface area contributed by atoms with Crippen LogP contribution in [0.2, 0.25) is 0 Å². The molecule has 1 atom stereocenters. The number of carbonyl (C=O) groups is 1. The normalized spacial score (nSPS) is 13.3. The monoisotopic (exact) mass is 362 g/mol. The van der Waals surface area contributed by atoms with Gasteiger partial charge >= 0.3 is 5.97 Å². The van der Waals surface area contributed by atoms with E-state index in [4.69, 9.17) is 0 Å². The van der Waals surface area contributed by atoms with Crippen LogP contribution in [-0.4, -0.2) is 33.9 Å². The van der Waals surface area contributed by atoms with Gasteiger partial charge in [0, 0.05) is 6.42 Å². The van der Waals surface area contributed by atoms with Crippen molar-refractivity contribution in [1.82, 2.24) is 0 Å². The lowest BCUT2D eigenvalue weighted by atomic mass is 10.1. The second-order valence-corrected chi connectivity index (χ2v) is 7.93. The van der Waals surface area contributed by atoms with Crippen LogP contribution in [0.25, 0.3) is 0 Å². The van der Waals surface area contributed by atoms with E-state index in [1.807, 2.05) is 6.08 Å². The second kappa shape index (κ2) is 14.5. The van der Waals surface area contributed by atoms with Crippen LogP contribution in [0.1, 0.15) is 77.6 Å². The lowest BCUT2D eigenvalue weighted by Gasteiger charge is -2.12. The lowest BCUT2D eigenvalue weighted by Crippen LogP contribution is -2.20. The summed E-state index contributed by atoms with van der Waals surface area (Å²) < 4.78 is 33.2. The number of hydrogen-bond donors (Lipinski definition) is 0. The Kier molecular flexibility index (Phi) is 13.9. The molecular formula is C18H34O5S. The summed E-state index contributed by atoms with van der Waals surface area (Å²) >= 11 is 0. The van der Waals surface area contributed by atoms with Crippen LogP contribution in [0.5, 0.6) is 0 Å². The lowest BCUT2D eigenvalue weighted by molar-refractivity contribution is -0.140. The molecule has 142 valence electrons. The van der Waals surface area contributed by atoms with Crippen LogP contribution in [-0.2, 0) is 23.8 Å². The summed E-state index contributed by atoms with van der Waals surface area (Å²) in [5, 5.41) is -0.601. The minimum absolute atomic E-state index is 0.223. The van der Waals surface area contributed by atoms with Gasteiger partial charge in [0.15, 0.2) is 0 Å². The molecule has 0 aromatic heterocycles. The molecule has 0 saturated carbocycles. The summed E-state index contributed by atoms with van der Waals surface area (Å²) in [5.41, 5.74) is 0. The maximum atomic E-state index is 12.0. The van der Waals surface area contributed by atoms with E-state index in [1.54, 1.807) is 6.08 Å². The summed E-state index contributed by atoms with van der Waals surface area (Å²) in [6, 6.07) is 0. The molecule has 0 aromatic carbocycles. The standard InChI is InChI=1S/C18H34O5S/c1-4-5-6-7-8-9-11-14-17(24(20,21)23-3)15-12-10-13-16-18(19)22-2/h11,14,17H,4-10,12-13,15-16H2,1-3H3/b14-11+. The molecule has 0 aliphatic rings. The molecule has 0 bridgehead atoms. The van der Waals surface area contributed by atoms with Crippen LogP contribution in [0.3, 0.4) is 0 Å². The zero-order valence-electron chi connectivity index (χ0n) is 15.5. The first-order valence-electron chi connectivity index (χ1n) is 9.00. The number of allylic oxidation sites excluding steroid dienone is 1. The van der Waals surface area contributed by atoms with Gasteiger partial charge in [-0.3, -0.25) is 8.98 Å². The predicted octanol–water partition coefficient (Wildman–Crippen LogP) is 4.37. The van der Waals surface area contributed by atoms with E-state index in [-0.39, 0.29) is 5.97 Å². The van der Waals surface area contributed by atoms with Gasteiger partial charge in [-0.25, -0.2) is 0 Å². The molecule has 0 amide bonds. The minimum atomic E-state index is -3.55. The van der Waals surface area contributed by atoms with E-state index in [0.29, 0.717) is 19.3 Å². The smallest absolute Gasteiger partial charge is 0.305 e. The van der Waals surface area contributed by atoms with Crippen LogP contribution in [0, 0.1) is 0 Å². The summed E-state index contributed by atoms with van der Waals surface area (Å²) in [5.74, 6) is -0.223. The number of esters is 1. The van der Waals surface area contributed by atoms with Crippen molar-refractivity contribution in [2.24, 2.45) is 0 Å². The third-order valence-corrected chi connectivity index (χ3v) is 5.62. The fraction of sp³-hybridized carbons (Fsp3) is 0.833. The van der Waals surface area contributed by atoms with Crippen molar-refractivity contribution >= 4 is 16.1 Å². The number of ether oxygens (including phenoxy) is 1. The number of rotatable bonds is 15. The predicted molar refractivity (Wildman–Crippen MR) is 97.3 cm³/mol. The Balaban J connectivity index is 4.18. The summed E-state index contributed by atoms with van der Waals surface area (Å²) in [6.07, 6.45) is 13.8. The van der Waals surface area contributed by atoms with Crippen LogP contribution < -0.4 is 0 Å². The fourth-order valence-corrected chi connectivity index (χ4v) is 3.47. The highest BCUT2D eigenvalue weighted by atomic mass is 32.2. The van der Waals surface area contributed by atoms with Crippen molar-refractivity contribution in [1.29, 1.82) is 0 Å². The molecule has 0 radical (unpaired) electrons. The minimum Gasteiger partial charge on any atom is -0.469 e. The third kappa shape index (κ3) is 11.6. The molecule has 0 spiro atoms. The van der Waals surface area contributed by atoms with E-state index >= 15 is 0 Å². The molecular weight excluding hydrogens is 328 g/mol. The van der Waals surface area contributed by atoms with E-state index in [1.165, 1.54) is 39.9 Å². The summed E-state index contributed by atoms with van der Waals surface area (Å²) in [4.78, 5) is 11.0. The number of methoxy groups -OCH3 is 1. The SMILES string of the molecule is CCCCCCC/C=C/C(CCCCCC(=O)OC)S(=O)(=O)OC. The Morgan fingerprint density at radius 1 is 1.00 bits per heavy atom. The quantitative estimate of drug-likeness (QED) is 0.187. The largest absolute Gasteiger partial charge is 0.469 e. The number of carbonyl (C=O) groups excluding carboxylic acids is 1. The second-order valence-electron chi connectivity index (χ2n) is 6.00. The Morgan fingerprint density at radius 3 is 2.29 bits per heavy atom. The van der Waals surface area contributed by atoms with Gasteiger partial charge in [0.05, 0.1) is 14.2 Å². The first-order chi connectivity index (χ1) is 11.5. The van der Waals surface area contributed by atoms with E-state index in [9.17, 15) is 13.2 Å². The van der Waals surface area contributed by atoms with Crippen molar-refractivity contribution in [3.63, 3.8) is 0 Å². The first-order valence-corrected chi connectivity index (χ1v) is 10.5. The van der Waals surface area contributed by atoms with Gasteiger partial charge in [-0.2, -0.15) is 8.42 Å².